The summed E-state index contributed by atoms with van der Waals surface area (Å²) in [4.78, 5) is 4.62. The Hall–Kier alpha value is -1.13. The summed E-state index contributed by atoms with van der Waals surface area (Å²) in [6, 6.07) is 3.79. The van der Waals surface area contributed by atoms with Gasteiger partial charge in [-0.3, -0.25) is 0 Å². The molecule has 1 aromatic heterocycles. The van der Waals surface area contributed by atoms with Gasteiger partial charge in [-0.1, -0.05) is 20.8 Å². The SMILES string of the molecule is COC1CCCC(Oc2cc(CO)cc(C(C)(C)C)n2)C1. The molecule has 0 saturated heterocycles. The molecule has 21 heavy (non-hydrogen) atoms. The number of nitrogens with zero attached hydrogens (tertiary/aromatic N) is 1. The summed E-state index contributed by atoms with van der Waals surface area (Å²) >= 11 is 0. The van der Waals surface area contributed by atoms with E-state index in [0.29, 0.717) is 5.88 Å². The van der Waals surface area contributed by atoms with E-state index >= 15 is 0 Å². The van der Waals surface area contributed by atoms with Crippen LogP contribution in [0.25, 0.3) is 0 Å². The number of hydrogen-bond donors (Lipinski definition) is 1. The van der Waals surface area contributed by atoms with E-state index in [2.05, 4.69) is 25.8 Å². The number of hydrogen-bond acceptors (Lipinski definition) is 4. The lowest BCUT2D eigenvalue weighted by molar-refractivity contribution is 0.0193. The van der Waals surface area contributed by atoms with Crippen molar-refractivity contribution in [1.82, 2.24) is 4.98 Å². The molecule has 1 aromatic rings. The number of ether oxygens (including phenoxy) is 2. The van der Waals surface area contributed by atoms with Crippen LogP contribution in [0, 0.1) is 0 Å². The molecule has 4 nitrogen and oxygen atoms in total. The zero-order chi connectivity index (χ0) is 15.5. The van der Waals surface area contributed by atoms with Crippen LogP contribution in [-0.2, 0) is 16.8 Å². The second-order valence-corrected chi connectivity index (χ2v) is 6.87. The normalized spacial score (nSPS) is 23.1. The second-order valence-electron chi connectivity index (χ2n) is 6.87. The van der Waals surface area contributed by atoms with Crippen molar-refractivity contribution in [2.45, 2.75) is 70.7 Å². The summed E-state index contributed by atoms with van der Waals surface area (Å²) in [5, 5.41) is 9.43. The molecule has 1 aliphatic carbocycles. The third kappa shape index (κ3) is 4.42. The first kappa shape index (κ1) is 16.2. The molecular formula is C17H27NO3. The lowest BCUT2D eigenvalue weighted by Crippen LogP contribution is -2.30. The number of aliphatic hydroxyl groups excluding tert-OH is 1. The van der Waals surface area contributed by atoms with Gasteiger partial charge < -0.3 is 14.6 Å². The van der Waals surface area contributed by atoms with Crippen molar-refractivity contribution in [3.8, 4) is 5.88 Å². The highest BCUT2D eigenvalue weighted by molar-refractivity contribution is 5.28. The van der Waals surface area contributed by atoms with Gasteiger partial charge in [0.15, 0.2) is 0 Å². The maximum Gasteiger partial charge on any atom is 0.214 e. The van der Waals surface area contributed by atoms with Gasteiger partial charge in [-0.2, -0.15) is 0 Å². The highest BCUT2D eigenvalue weighted by atomic mass is 16.5. The Morgan fingerprint density at radius 3 is 2.57 bits per heavy atom. The first-order valence-electron chi connectivity index (χ1n) is 7.74. The van der Waals surface area contributed by atoms with Crippen molar-refractivity contribution in [2.24, 2.45) is 0 Å². The van der Waals surface area contributed by atoms with Gasteiger partial charge in [0.1, 0.15) is 6.10 Å². The van der Waals surface area contributed by atoms with E-state index in [1.807, 2.05) is 12.1 Å². The first-order valence-corrected chi connectivity index (χ1v) is 7.74. The van der Waals surface area contributed by atoms with Crippen LogP contribution in [0.3, 0.4) is 0 Å². The number of pyridine rings is 1. The van der Waals surface area contributed by atoms with E-state index < -0.39 is 0 Å². The molecule has 0 amide bonds. The van der Waals surface area contributed by atoms with Crippen molar-refractivity contribution in [2.75, 3.05) is 7.11 Å². The average Bonchev–Trinajstić information content (AvgIpc) is 2.46. The van der Waals surface area contributed by atoms with E-state index in [1.54, 1.807) is 7.11 Å². The molecule has 0 spiro atoms. The van der Waals surface area contributed by atoms with E-state index in [4.69, 9.17) is 9.47 Å². The van der Waals surface area contributed by atoms with Gasteiger partial charge in [0, 0.05) is 25.0 Å². The third-order valence-electron chi connectivity index (χ3n) is 4.01. The van der Waals surface area contributed by atoms with Crippen LogP contribution in [0.2, 0.25) is 0 Å². The van der Waals surface area contributed by atoms with E-state index in [9.17, 15) is 5.11 Å². The molecule has 118 valence electrons. The Morgan fingerprint density at radius 1 is 1.24 bits per heavy atom. The summed E-state index contributed by atoms with van der Waals surface area (Å²) in [6.45, 7) is 6.35. The monoisotopic (exact) mass is 293 g/mol. The van der Waals surface area contributed by atoms with Crippen molar-refractivity contribution in [1.29, 1.82) is 0 Å². The number of methoxy groups -OCH3 is 1. The summed E-state index contributed by atoms with van der Waals surface area (Å²) in [5.41, 5.74) is 1.73. The predicted molar refractivity (Wildman–Crippen MR) is 82.5 cm³/mol. The zero-order valence-corrected chi connectivity index (χ0v) is 13.6. The van der Waals surface area contributed by atoms with Gasteiger partial charge in [-0.15, -0.1) is 0 Å². The van der Waals surface area contributed by atoms with Gasteiger partial charge in [-0.05, 0) is 30.9 Å². The van der Waals surface area contributed by atoms with Crippen molar-refractivity contribution in [3.05, 3.63) is 23.4 Å². The summed E-state index contributed by atoms with van der Waals surface area (Å²) in [7, 11) is 1.76. The van der Waals surface area contributed by atoms with Crippen molar-refractivity contribution in [3.63, 3.8) is 0 Å². The fourth-order valence-corrected chi connectivity index (χ4v) is 2.69. The summed E-state index contributed by atoms with van der Waals surface area (Å²) in [6.07, 6.45) is 4.61. The highest BCUT2D eigenvalue weighted by Gasteiger charge is 2.24. The molecule has 1 N–H and O–H groups in total. The fourth-order valence-electron chi connectivity index (χ4n) is 2.69. The van der Waals surface area contributed by atoms with Gasteiger partial charge in [0.25, 0.3) is 0 Å². The molecule has 1 aliphatic rings. The van der Waals surface area contributed by atoms with E-state index in [1.165, 1.54) is 0 Å². The molecule has 0 aromatic carbocycles. The quantitative estimate of drug-likeness (QED) is 0.926. The molecule has 1 heterocycles. The molecule has 2 unspecified atom stereocenters. The molecule has 1 saturated carbocycles. The minimum Gasteiger partial charge on any atom is -0.474 e. The zero-order valence-electron chi connectivity index (χ0n) is 13.6. The summed E-state index contributed by atoms with van der Waals surface area (Å²) in [5.74, 6) is 0.619. The Labute approximate surface area is 127 Å². The Balaban J connectivity index is 2.15. The summed E-state index contributed by atoms with van der Waals surface area (Å²) < 4.78 is 11.5. The lowest BCUT2D eigenvalue weighted by atomic mass is 9.91. The Kier molecular flexibility index (Phi) is 5.22. The maximum absolute atomic E-state index is 9.43. The average molecular weight is 293 g/mol. The number of aromatic nitrogens is 1. The van der Waals surface area contributed by atoms with Crippen LogP contribution < -0.4 is 4.74 Å². The standard InChI is InChI=1S/C17H27NO3/c1-17(2,3)15-8-12(11-19)9-16(18-15)21-14-7-5-6-13(10-14)20-4/h8-9,13-14,19H,5-7,10-11H2,1-4H3. The molecular weight excluding hydrogens is 266 g/mol. The van der Waals surface area contributed by atoms with Crippen LogP contribution in [0.4, 0.5) is 0 Å². The van der Waals surface area contributed by atoms with Gasteiger partial charge in [0.05, 0.1) is 18.4 Å². The van der Waals surface area contributed by atoms with E-state index in [-0.39, 0.29) is 24.2 Å². The molecule has 0 radical (unpaired) electrons. The Morgan fingerprint density at radius 2 is 1.95 bits per heavy atom. The van der Waals surface area contributed by atoms with Crippen molar-refractivity contribution >= 4 is 0 Å². The first-order chi connectivity index (χ1) is 9.92. The molecule has 2 atom stereocenters. The smallest absolute Gasteiger partial charge is 0.214 e. The predicted octanol–water partition coefficient (Wildman–Crippen LogP) is 3.21. The molecule has 4 heteroatoms. The largest absolute Gasteiger partial charge is 0.474 e. The molecule has 0 aliphatic heterocycles. The topological polar surface area (TPSA) is 51.6 Å². The highest BCUT2D eigenvalue weighted by Crippen LogP contribution is 2.28. The van der Waals surface area contributed by atoms with Crippen molar-refractivity contribution < 1.29 is 14.6 Å². The lowest BCUT2D eigenvalue weighted by Gasteiger charge is -2.29. The van der Waals surface area contributed by atoms with Gasteiger partial charge in [-0.25, -0.2) is 4.98 Å². The number of rotatable bonds is 4. The number of aliphatic hydroxyl groups is 1. The molecule has 0 bridgehead atoms. The van der Waals surface area contributed by atoms with Crippen LogP contribution >= 0.6 is 0 Å². The minimum absolute atomic E-state index is 0.00726. The van der Waals surface area contributed by atoms with Gasteiger partial charge in [0.2, 0.25) is 5.88 Å². The van der Waals surface area contributed by atoms with Crippen LogP contribution in [-0.4, -0.2) is 29.4 Å². The molecule has 1 fully saturated rings. The van der Waals surface area contributed by atoms with Crippen LogP contribution in [0.5, 0.6) is 5.88 Å². The molecule has 2 rings (SSSR count). The minimum atomic E-state index is -0.0646. The Bertz CT molecular complexity index is 468. The van der Waals surface area contributed by atoms with Crippen LogP contribution in [0.15, 0.2) is 12.1 Å². The third-order valence-corrected chi connectivity index (χ3v) is 4.01. The van der Waals surface area contributed by atoms with Gasteiger partial charge >= 0.3 is 0 Å². The van der Waals surface area contributed by atoms with E-state index in [0.717, 1.165) is 36.9 Å². The second kappa shape index (κ2) is 6.75. The van der Waals surface area contributed by atoms with Crippen LogP contribution in [0.1, 0.15) is 57.7 Å². The fraction of sp³-hybridized carbons (Fsp3) is 0.706. The maximum atomic E-state index is 9.43.